The Morgan fingerprint density at radius 2 is 2.00 bits per heavy atom. The quantitative estimate of drug-likeness (QED) is 0.789. The maximum Gasteiger partial charge on any atom is 0.248 e. The van der Waals surface area contributed by atoms with Crippen LogP contribution in [-0.4, -0.2) is 58.6 Å². The van der Waals surface area contributed by atoms with E-state index in [2.05, 4.69) is 0 Å². The molecular weight excluding hydrogens is 396 g/mol. The number of rotatable bonds is 5. The zero-order chi connectivity index (χ0) is 22.0. The van der Waals surface area contributed by atoms with E-state index in [0.29, 0.717) is 44.1 Å². The Morgan fingerprint density at radius 1 is 1.23 bits per heavy atom. The molecule has 0 bridgehead atoms. The summed E-state index contributed by atoms with van der Waals surface area (Å²) in [7, 11) is 1.63. The molecule has 2 aliphatic heterocycles. The predicted molar refractivity (Wildman–Crippen MR) is 115 cm³/mol. The molecule has 1 N–H and O–H groups in total. The summed E-state index contributed by atoms with van der Waals surface area (Å²) in [5.74, 6) is 1.90. The van der Waals surface area contributed by atoms with Crippen LogP contribution in [0.25, 0.3) is 0 Å². The highest BCUT2D eigenvalue weighted by Gasteiger charge is 2.31. The molecule has 8 nitrogen and oxygen atoms in total. The topological polar surface area (TPSA) is 95.9 Å². The lowest BCUT2D eigenvalue weighted by atomic mass is 9.95. The highest BCUT2D eigenvalue weighted by Crippen LogP contribution is 2.33. The fraction of sp³-hybridized carbons (Fsp3) is 0.478. The number of fused-ring (bicyclic) bond motifs is 1. The molecule has 1 aromatic heterocycles. The number of aryl methyl sites for hydroxylation is 1. The van der Waals surface area contributed by atoms with Gasteiger partial charge < -0.3 is 14.7 Å². The van der Waals surface area contributed by atoms with Crippen LogP contribution >= 0.6 is 0 Å². The van der Waals surface area contributed by atoms with Gasteiger partial charge in [-0.2, -0.15) is 0 Å². The van der Waals surface area contributed by atoms with E-state index < -0.39 is 6.61 Å². The molecule has 2 aliphatic rings. The number of nitrogens with zero attached hydrogens (tertiary/aromatic N) is 4. The zero-order valence-corrected chi connectivity index (χ0v) is 18.0. The maximum atomic E-state index is 12.8. The lowest BCUT2D eigenvalue weighted by Crippen LogP contribution is -2.41. The molecule has 0 aliphatic carbocycles. The Bertz CT molecular complexity index is 976. The smallest absolute Gasteiger partial charge is 0.248 e. The third-order valence-electron chi connectivity index (χ3n) is 6.13. The molecule has 164 valence electrons. The molecule has 4 rings (SSSR count). The predicted octanol–water partition coefficient (Wildman–Crippen LogP) is 1.97. The number of piperidine rings is 1. The van der Waals surface area contributed by atoms with Gasteiger partial charge in [-0.05, 0) is 43.9 Å². The summed E-state index contributed by atoms with van der Waals surface area (Å²) in [5, 5.41) is 9.21. The molecule has 2 aromatic rings. The monoisotopic (exact) mass is 424 g/mol. The van der Waals surface area contributed by atoms with Gasteiger partial charge in [-0.15, -0.1) is 0 Å². The lowest BCUT2D eigenvalue weighted by Gasteiger charge is -2.33. The van der Waals surface area contributed by atoms with Gasteiger partial charge in [-0.3, -0.25) is 14.5 Å². The normalized spacial score (nSPS) is 18.7. The minimum Gasteiger partial charge on any atom is -0.497 e. The van der Waals surface area contributed by atoms with Crippen molar-refractivity contribution in [2.45, 2.75) is 45.1 Å². The van der Waals surface area contributed by atoms with E-state index in [4.69, 9.17) is 14.7 Å². The number of carbonyl (C=O) groups is 2. The van der Waals surface area contributed by atoms with E-state index in [-0.39, 0.29) is 17.7 Å². The third-order valence-corrected chi connectivity index (χ3v) is 6.13. The zero-order valence-electron chi connectivity index (χ0n) is 18.0. The van der Waals surface area contributed by atoms with Crippen LogP contribution in [-0.2, 0) is 22.6 Å². The molecule has 2 amide bonds. The number of likely N-dealkylation sites (tertiary alicyclic amines) is 1. The fourth-order valence-electron chi connectivity index (χ4n) is 4.38. The number of hydrogen-bond acceptors (Lipinski definition) is 6. The number of benzene rings is 1. The first-order valence-corrected chi connectivity index (χ1v) is 10.7. The van der Waals surface area contributed by atoms with Crippen LogP contribution in [0, 0.1) is 6.92 Å². The highest BCUT2D eigenvalue weighted by molar-refractivity contribution is 5.95. The van der Waals surface area contributed by atoms with E-state index in [9.17, 15) is 14.7 Å². The first-order valence-electron chi connectivity index (χ1n) is 10.7. The molecule has 8 heteroatoms. The number of carbonyl (C=O) groups excluding carboxylic acids is 2. The fourth-order valence-corrected chi connectivity index (χ4v) is 4.38. The summed E-state index contributed by atoms with van der Waals surface area (Å²) in [6.07, 6.45) is 2.79. The largest absolute Gasteiger partial charge is 0.497 e. The van der Waals surface area contributed by atoms with E-state index in [1.807, 2.05) is 31.2 Å². The van der Waals surface area contributed by atoms with Crippen molar-refractivity contribution in [1.82, 2.24) is 14.9 Å². The Kier molecular flexibility index (Phi) is 6.18. The van der Waals surface area contributed by atoms with Crippen LogP contribution in [0.5, 0.6) is 5.75 Å². The van der Waals surface area contributed by atoms with Crippen LogP contribution in [0.1, 0.15) is 47.8 Å². The van der Waals surface area contributed by atoms with Crippen LogP contribution in [0.2, 0.25) is 0 Å². The van der Waals surface area contributed by atoms with Crippen molar-refractivity contribution in [2.24, 2.45) is 0 Å². The average Bonchev–Trinajstić information content (AvgIpc) is 2.80. The Hall–Kier alpha value is -3.00. The standard InChI is InChI=1S/C23H28N4O4/c1-15-19-9-10-20(29)27(12-16-5-7-18(31-2)8-6-16)23(19)25-22(24-15)17-4-3-11-26(13-17)21(30)14-28/h5-8,17,28H,3-4,9-14H2,1-2H3/t17-/m1/s1. The van der Waals surface area contributed by atoms with Crippen molar-refractivity contribution < 1.29 is 19.4 Å². The number of anilines is 1. The van der Waals surface area contributed by atoms with Gasteiger partial charge in [0.2, 0.25) is 11.8 Å². The number of ether oxygens (including phenoxy) is 1. The van der Waals surface area contributed by atoms with Crippen molar-refractivity contribution in [1.29, 1.82) is 0 Å². The van der Waals surface area contributed by atoms with Crippen molar-refractivity contribution in [2.75, 3.05) is 31.7 Å². The SMILES string of the molecule is COc1ccc(CN2C(=O)CCc3c(C)nc([C@@H]4CCCN(C(=O)CO)C4)nc32)cc1. The second kappa shape index (κ2) is 9.01. The van der Waals surface area contributed by atoms with Gasteiger partial charge in [0.05, 0.1) is 13.7 Å². The number of amides is 2. The van der Waals surface area contributed by atoms with E-state index in [1.54, 1.807) is 16.9 Å². The Morgan fingerprint density at radius 3 is 2.71 bits per heavy atom. The number of methoxy groups -OCH3 is 1. The average molecular weight is 425 g/mol. The number of aliphatic hydroxyl groups excluding tert-OH is 1. The van der Waals surface area contributed by atoms with E-state index in [1.165, 1.54) is 0 Å². The van der Waals surface area contributed by atoms with Crippen LogP contribution < -0.4 is 9.64 Å². The van der Waals surface area contributed by atoms with Gasteiger partial charge in [-0.1, -0.05) is 12.1 Å². The molecule has 1 atom stereocenters. The van der Waals surface area contributed by atoms with Crippen LogP contribution in [0.4, 0.5) is 5.82 Å². The molecule has 0 spiro atoms. The minimum absolute atomic E-state index is 0.00637. The van der Waals surface area contributed by atoms with Crippen LogP contribution in [0.15, 0.2) is 24.3 Å². The van der Waals surface area contributed by atoms with Crippen molar-refractivity contribution in [3.63, 3.8) is 0 Å². The van der Waals surface area contributed by atoms with Gasteiger partial charge in [0, 0.05) is 36.7 Å². The van der Waals surface area contributed by atoms with Gasteiger partial charge in [-0.25, -0.2) is 9.97 Å². The van der Waals surface area contributed by atoms with Gasteiger partial charge in [0.15, 0.2) is 0 Å². The first-order chi connectivity index (χ1) is 15.0. The number of aromatic nitrogens is 2. The summed E-state index contributed by atoms with van der Waals surface area (Å²) in [6.45, 7) is 3.04. The molecule has 3 heterocycles. The molecule has 0 saturated carbocycles. The van der Waals surface area contributed by atoms with Crippen molar-refractivity contribution in [3.8, 4) is 5.75 Å². The minimum atomic E-state index is -0.485. The van der Waals surface area contributed by atoms with Crippen LogP contribution in [0.3, 0.4) is 0 Å². The lowest BCUT2D eigenvalue weighted by molar-refractivity contribution is -0.135. The molecule has 0 unspecified atom stereocenters. The molecule has 1 saturated heterocycles. The number of hydrogen-bond donors (Lipinski definition) is 1. The summed E-state index contributed by atoms with van der Waals surface area (Å²) < 4.78 is 5.22. The molecule has 1 fully saturated rings. The summed E-state index contributed by atoms with van der Waals surface area (Å²) in [4.78, 5) is 37.8. The summed E-state index contributed by atoms with van der Waals surface area (Å²) in [6, 6.07) is 7.68. The first kappa shape index (κ1) is 21.2. The molecular formula is C23H28N4O4. The van der Waals surface area contributed by atoms with Gasteiger partial charge >= 0.3 is 0 Å². The van der Waals surface area contributed by atoms with Crippen molar-refractivity contribution >= 4 is 17.6 Å². The van der Waals surface area contributed by atoms with Crippen molar-refractivity contribution in [3.05, 3.63) is 46.9 Å². The highest BCUT2D eigenvalue weighted by atomic mass is 16.5. The molecule has 31 heavy (non-hydrogen) atoms. The number of aliphatic hydroxyl groups is 1. The summed E-state index contributed by atoms with van der Waals surface area (Å²) >= 11 is 0. The summed E-state index contributed by atoms with van der Waals surface area (Å²) in [5.41, 5.74) is 2.89. The second-order valence-electron chi connectivity index (χ2n) is 8.13. The van der Waals surface area contributed by atoms with E-state index >= 15 is 0 Å². The van der Waals surface area contributed by atoms with E-state index in [0.717, 1.165) is 35.4 Å². The molecule has 1 aromatic carbocycles. The Balaban J connectivity index is 1.64. The molecule has 0 radical (unpaired) electrons. The maximum absolute atomic E-state index is 12.8. The third kappa shape index (κ3) is 4.39. The van der Waals surface area contributed by atoms with Gasteiger partial charge in [0.25, 0.3) is 0 Å². The Labute approximate surface area is 181 Å². The van der Waals surface area contributed by atoms with Gasteiger partial charge in [0.1, 0.15) is 24.0 Å². The second-order valence-corrected chi connectivity index (χ2v) is 8.13.